The topological polar surface area (TPSA) is 29.5 Å². The molecule has 0 saturated heterocycles. The van der Waals surface area contributed by atoms with Crippen LogP contribution in [-0.4, -0.2) is 31.0 Å². The molecule has 0 spiro atoms. The highest BCUT2D eigenvalue weighted by Crippen LogP contribution is 2.37. The Kier molecular flexibility index (Phi) is 5.45. The number of rotatable bonds is 3. The first-order chi connectivity index (χ1) is 12.0. The van der Waals surface area contributed by atoms with Gasteiger partial charge in [-0.3, -0.25) is 4.79 Å². The van der Waals surface area contributed by atoms with E-state index in [0.717, 1.165) is 19.5 Å². The van der Waals surface area contributed by atoms with Crippen molar-refractivity contribution in [3.8, 4) is 5.75 Å². The summed E-state index contributed by atoms with van der Waals surface area (Å²) in [6, 6.07) is 14.4. The van der Waals surface area contributed by atoms with Gasteiger partial charge >= 0.3 is 5.97 Å². The van der Waals surface area contributed by atoms with Gasteiger partial charge in [0.05, 0.1) is 10.9 Å². The maximum atomic E-state index is 12.0. The number of hydrogen-bond donors (Lipinski definition) is 0. The van der Waals surface area contributed by atoms with E-state index in [-0.39, 0.29) is 17.8 Å². The minimum absolute atomic E-state index is 0.189. The Bertz CT molecular complexity index is 758. The monoisotopic (exact) mass is 357 g/mol. The van der Waals surface area contributed by atoms with Gasteiger partial charge < -0.3 is 9.64 Å². The molecule has 132 valence electrons. The highest BCUT2D eigenvalue weighted by atomic mass is 35.5. The number of halogens is 1. The van der Waals surface area contributed by atoms with Crippen LogP contribution < -0.4 is 4.74 Å². The maximum absolute atomic E-state index is 12.0. The van der Waals surface area contributed by atoms with Crippen molar-refractivity contribution in [3.05, 3.63) is 64.2 Å². The summed E-state index contributed by atoms with van der Waals surface area (Å²) in [5.74, 6) is 0.247. The lowest BCUT2D eigenvalue weighted by Crippen LogP contribution is -2.24. The molecule has 1 aliphatic heterocycles. The molecule has 1 atom stereocenters. The number of fused-ring (bicyclic) bond motifs is 1. The number of ether oxygens (including phenoxy) is 1. The Hall–Kier alpha value is -1.84. The Morgan fingerprint density at radius 1 is 1.24 bits per heavy atom. The van der Waals surface area contributed by atoms with Crippen molar-refractivity contribution in [1.29, 1.82) is 0 Å². The highest BCUT2D eigenvalue weighted by molar-refractivity contribution is 6.32. The van der Waals surface area contributed by atoms with E-state index in [1.165, 1.54) is 16.7 Å². The molecule has 2 aromatic rings. The minimum atomic E-state index is -0.260. The van der Waals surface area contributed by atoms with Crippen molar-refractivity contribution in [1.82, 2.24) is 4.90 Å². The molecule has 0 bridgehead atoms. The van der Waals surface area contributed by atoms with Gasteiger partial charge in [-0.25, -0.2) is 0 Å². The smallest absolute Gasteiger partial charge is 0.313 e. The predicted octanol–water partition coefficient (Wildman–Crippen LogP) is 4.52. The molecular weight excluding hydrogens is 334 g/mol. The van der Waals surface area contributed by atoms with Crippen LogP contribution in [0.25, 0.3) is 0 Å². The second-order valence-corrected chi connectivity index (χ2v) is 7.44. The fraction of sp³-hybridized carbons (Fsp3) is 0.381. The Balaban J connectivity index is 2.05. The van der Waals surface area contributed by atoms with Crippen molar-refractivity contribution in [2.24, 2.45) is 5.92 Å². The molecular formula is C21H24ClNO2. The van der Waals surface area contributed by atoms with E-state index >= 15 is 0 Å². The van der Waals surface area contributed by atoms with E-state index in [2.05, 4.69) is 36.2 Å². The van der Waals surface area contributed by atoms with Gasteiger partial charge in [0.1, 0.15) is 5.75 Å². The molecule has 25 heavy (non-hydrogen) atoms. The minimum Gasteiger partial charge on any atom is -0.425 e. The molecule has 1 aliphatic rings. The quantitative estimate of drug-likeness (QED) is 0.597. The zero-order valence-corrected chi connectivity index (χ0v) is 15.7. The van der Waals surface area contributed by atoms with Crippen LogP contribution in [0.4, 0.5) is 0 Å². The third-order valence-electron chi connectivity index (χ3n) is 4.71. The normalized spacial score (nSPS) is 17.9. The van der Waals surface area contributed by atoms with E-state index in [1.807, 2.05) is 32.0 Å². The number of benzene rings is 2. The first-order valence-corrected chi connectivity index (χ1v) is 9.11. The fourth-order valence-corrected chi connectivity index (χ4v) is 3.46. The third kappa shape index (κ3) is 4.05. The number of nitrogens with zero attached hydrogens (tertiary/aromatic N) is 1. The Labute approximate surface area is 154 Å². The average molecular weight is 358 g/mol. The van der Waals surface area contributed by atoms with Crippen LogP contribution in [0.5, 0.6) is 5.75 Å². The SMILES string of the molecule is CC(C)C(=O)Oc1cc2c(cc1Cl)CCN(C)C[C@H]2c1ccccc1. The zero-order chi connectivity index (χ0) is 18.0. The molecule has 0 amide bonds. The van der Waals surface area contributed by atoms with Crippen molar-refractivity contribution in [3.63, 3.8) is 0 Å². The van der Waals surface area contributed by atoms with Gasteiger partial charge in [0, 0.05) is 19.0 Å². The van der Waals surface area contributed by atoms with Crippen LogP contribution in [0.1, 0.15) is 36.5 Å². The number of likely N-dealkylation sites (N-methyl/N-ethyl adjacent to an activating group) is 1. The van der Waals surface area contributed by atoms with Crippen molar-refractivity contribution < 1.29 is 9.53 Å². The molecule has 3 nitrogen and oxygen atoms in total. The van der Waals surface area contributed by atoms with Crippen LogP contribution >= 0.6 is 11.6 Å². The summed E-state index contributed by atoms with van der Waals surface area (Å²) in [5, 5.41) is 0.504. The average Bonchev–Trinajstić information content (AvgIpc) is 2.75. The molecule has 0 radical (unpaired) electrons. The largest absolute Gasteiger partial charge is 0.425 e. The summed E-state index contributed by atoms with van der Waals surface area (Å²) in [5.41, 5.74) is 3.69. The standard InChI is InChI=1S/C21H24ClNO2/c1-14(2)21(24)25-20-12-17-16(11-19(20)22)9-10-23(3)13-18(17)15-7-5-4-6-8-15/h4-8,11-12,14,18H,9-10,13H2,1-3H3/t18-/m0/s1. The van der Waals surface area contributed by atoms with Gasteiger partial charge in [0.15, 0.2) is 0 Å². The van der Waals surface area contributed by atoms with Gasteiger partial charge in [0.2, 0.25) is 0 Å². The molecule has 0 N–H and O–H groups in total. The number of esters is 1. The van der Waals surface area contributed by atoms with E-state index in [1.54, 1.807) is 0 Å². The van der Waals surface area contributed by atoms with Crippen LogP contribution in [-0.2, 0) is 11.2 Å². The first-order valence-electron chi connectivity index (χ1n) is 8.73. The third-order valence-corrected chi connectivity index (χ3v) is 5.01. The molecule has 0 fully saturated rings. The van der Waals surface area contributed by atoms with Gasteiger partial charge in [-0.15, -0.1) is 0 Å². The Morgan fingerprint density at radius 2 is 1.96 bits per heavy atom. The van der Waals surface area contributed by atoms with E-state index in [9.17, 15) is 4.79 Å². The molecule has 2 aromatic carbocycles. The van der Waals surface area contributed by atoms with Gasteiger partial charge in [-0.2, -0.15) is 0 Å². The van der Waals surface area contributed by atoms with Crippen molar-refractivity contribution in [2.75, 3.05) is 20.1 Å². The second-order valence-electron chi connectivity index (χ2n) is 7.03. The van der Waals surface area contributed by atoms with Crippen LogP contribution in [0, 0.1) is 5.92 Å². The van der Waals surface area contributed by atoms with E-state index < -0.39 is 0 Å². The first kappa shape index (κ1) is 18.0. The van der Waals surface area contributed by atoms with Crippen LogP contribution in [0.15, 0.2) is 42.5 Å². The van der Waals surface area contributed by atoms with Gasteiger partial charge in [0.25, 0.3) is 0 Å². The zero-order valence-electron chi connectivity index (χ0n) is 15.0. The maximum Gasteiger partial charge on any atom is 0.313 e. The molecule has 0 unspecified atom stereocenters. The summed E-state index contributed by atoms with van der Waals surface area (Å²) in [6.45, 7) is 5.55. The lowest BCUT2D eigenvalue weighted by molar-refractivity contribution is -0.137. The fourth-order valence-electron chi connectivity index (χ4n) is 3.24. The summed E-state index contributed by atoms with van der Waals surface area (Å²) >= 11 is 6.40. The number of hydrogen-bond acceptors (Lipinski definition) is 3. The molecule has 0 aromatic heterocycles. The Morgan fingerprint density at radius 3 is 2.64 bits per heavy atom. The molecule has 3 rings (SSSR count). The molecule has 1 heterocycles. The molecule has 0 aliphatic carbocycles. The van der Waals surface area contributed by atoms with Gasteiger partial charge in [-0.05, 0) is 42.3 Å². The van der Waals surface area contributed by atoms with Crippen molar-refractivity contribution >= 4 is 17.6 Å². The van der Waals surface area contributed by atoms with Crippen molar-refractivity contribution in [2.45, 2.75) is 26.2 Å². The van der Waals surface area contributed by atoms with E-state index in [0.29, 0.717) is 10.8 Å². The van der Waals surface area contributed by atoms with Gasteiger partial charge in [-0.1, -0.05) is 55.8 Å². The molecule has 4 heteroatoms. The predicted molar refractivity (Wildman–Crippen MR) is 101 cm³/mol. The number of carbonyl (C=O) groups excluding carboxylic acids is 1. The number of carbonyl (C=O) groups is 1. The summed E-state index contributed by atoms with van der Waals surface area (Å²) in [6.07, 6.45) is 0.938. The van der Waals surface area contributed by atoms with Crippen LogP contribution in [0.3, 0.4) is 0 Å². The summed E-state index contributed by atoms with van der Waals surface area (Å²) < 4.78 is 5.54. The molecule has 0 saturated carbocycles. The second kappa shape index (κ2) is 7.59. The lowest BCUT2D eigenvalue weighted by Gasteiger charge is -2.22. The summed E-state index contributed by atoms with van der Waals surface area (Å²) in [4.78, 5) is 14.4. The van der Waals surface area contributed by atoms with E-state index in [4.69, 9.17) is 16.3 Å². The summed E-state index contributed by atoms with van der Waals surface area (Å²) in [7, 11) is 2.14. The highest BCUT2D eigenvalue weighted by Gasteiger charge is 2.25. The lowest BCUT2D eigenvalue weighted by atomic mass is 9.88. The van der Waals surface area contributed by atoms with Crippen LogP contribution in [0.2, 0.25) is 5.02 Å².